The van der Waals surface area contributed by atoms with Crippen molar-refractivity contribution in [2.45, 2.75) is 19.9 Å². The monoisotopic (exact) mass is 454 g/mol. The van der Waals surface area contributed by atoms with E-state index in [1.54, 1.807) is 30.3 Å². The number of hydrogen-bond acceptors (Lipinski definition) is 4. The number of aryl methyl sites for hydroxylation is 2. The van der Waals surface area contributed by atoms with Gasteiger partial charge in [0.15, 0.2) is 0 Å². The molecule has 0 saturated carbocycles. The minimum absolute atomic E-state index is 0.108. The third-order valence-electron chi connectivity index (χ3n) is 5.50. The summed E-state index contributed by atoms with van der Waals surface area (Å²) < 4.78 is 13.4. The molecule has 2 amide bonds. The van der Waals surface area contributed by atoms with Gasteiger partial charge in [-0.1, -0.05) is 36.4 Å². The topological polar surface area (TPSA) is 75.2 Å². The normalized spacial score (nSPS) is 11.5. The van der Waals surface area contributed by atoms with Crippen LogP contribution in [0.15, 0.2) is 91.4 Å². The average Bonchev–Trinajstić information content (AvgIpc) is 2.86. The van der Waals surface area contributed by atoms with Crippen molar-refractivity contribution in [1.29, 1.82) is 0 Å². The molecule has 0 spiro atoms. The van der Waals surface area contributed by atoms with Gasteiger partial charge in [-0.15, -0.1) is 0 Å². The van der Waals surface area contributed by atoms with E-state index in [9.17, 15) is 14.0 Å². The molecular weight excluding hydrogens is 431 g/mol. The summed E-state index contributed by atoms with van der Waals surface area (Å²) in [6, 6.07) is 19.0. The van der Waals surface area contributed by atoms with Gasteiger partial charge >= 0.3 is 0 Å². The maximum absolute atomic E-state index is 13.8. The van der Waals surface area contributed by atoms with E-state index in [1.165, 1.54) is 47.8 Å². The van der Waals surface area contributed by atoms with Crippen molar-refractivity contribution in [1.82, 2.24) is 9.97 Å². The molecule has 0 radical (unpaired) electrons. The van der Waals surface area contributed by atoms with Gasteiger partial charge in [0.1, 0.15) is 17.6 Å². The maximum atomic E-state index is 13.8. The minimum Gasteiger partial charge on any atom is -0.324 e. The lowest BCUT2D eigenvalue weighted by atomic mass is 10.0. The summed E-state index contributed by atoms with van der Waals surface area (Å²) in [5.74, 6) is -1.33. The molecule has 0 aliphatic carbocycles. The standard InChI is InChI=1S/C27H23FN4O2/c1-18-8-13-23(16-19(18)2)32(27(34)24-17-29-14-15-30-24)25(20-6-4-3-5-7-20)26(33)31-22-11-9-21(28)10-12-22/h3-17,25H,1-2H3,(H,31,33)/t25-/m0/s1. The first kappa shape index (κ1) is 22.8. The molecule has 0 aliphatic heterocycles. The molecule has 6 nitrogen and oxygen atoms in total. The Morgan fingerprint density at radius 2 is 1.65 bits per heavy atom. The second-order valence-corrected chi connectivity index (χ2v) is 7.84. The SMILES string of the molecule is Cc1ccc(N(C(=O)c2cnccn2)[C@H](C(=O)Nc2ccc(F)cc2)c2ccccc2)cc1C. The minimum atomic E-state index is -1.03. The highest BCUT2D eigenvalue weighted by Gasteiger charge is 2.34. The molecule has 7 heteroatoms. The summed E-state index contributed by atoms with van der Waals surface area (Å²) in [5, 5.41) is 2.81. The van der Waals surface area contributed by atoms with Crippen molar-refractivity contribution in [2.24, 2.45) is 0 Å². The van der Waals surface area contributed by atoms with Crippen molar-refractivity contribution >= 4 is 23.2 Å². The summed E-state index contributed by atoms with van der Waals surface area (Å²) in [6.45, 7) is 3.92. The third-order valence-corrected chi connectivity index (χ3v) is 5.50. The predicted octanol–water partition coefficient (Wildman–Crippen LogP) is 5.26. The number of benzene rings is 3. The van der Waals surface area contributed by atoms with Gasteiger partial charge in [0.25, 0.3) is 11.8 Å². The molecule has 0 fully saturated rings. The van der Waals surface area contributed by atoms with E-state index in [2.05, 4.69) is 15.3 Å². The van der Waals surface area contributed by atoms with Crippen molar-refractivity contribution in [3.05, 3.63) is 120 Å². The first-order valence-corrected chi connectivity index (χ1v) is 10.7. The fraction of sp³-hybridized carbons (Fsp3) is 0.111. The fourth-order valence-corrected chi connectivity index (χ4v) is 3.59. The summed E-state index contributed by atoms with van der Waals surface area (Å²) >= 11 is 0. The second-order valence-electron chi connectivity index (χ2n) is 7.84. The van der Waals surface area contributed by atoms with E-state index >= 15 is 0 Å². The molecule has 0 unspecified atom stereocenters. The Hall–Kier alpha value is -4.39. The molecule has 0 bridgehead atoms. The van der Waals surface area contributed by atoms with Crippen molar-refractivity contribution in [3.8, 4) is 0 Å². The van der Waals surface area contributed by atoms with Crippen molar-refractivity contribution in [2.75, 3.05) is 10.2 Å². The summed E-state index contributed by atoms with van der Waals surface area (Å²) in [5.41, 5.74) is 3.71. The Morgan fingerprint density at radius 1 is 0.912 bits per heavy atom. The van der Waals surface area contributed by atoms with E-state index < -0.39 is 23.7 Å². The lowest BCUT2D eigenvalue weighted by molar-refractivity contribution is -0.117. The Morgan fingerprint density at radius 3 is 2.29 bits per heavy atom. The van der Waals surface area contributed by atoms with Crippen molar-refractivity contribution < 1.29 is 14.0 Å². The molecule has 1 heterocycles. The molecule has 1 N–H and O–H groups in total. The lowest BCUT2D eigenvalue weighted by Gasteiger charge is -2.31. The Balaban J connectivity index is 1.84. The number of hydrogen-bond donors (Lipinski definition) is 1. The van der Waals surface area contributed by atoms with Crippen LogP contribution in [0.25, 0.3) is 0 Å². The van der Waals surface area contributed by atoms with Crippen LogP contribution in [0.4, 0.5) is 15.8 Å². The average molecular weight is 455 g/mol. The molecule has 1 atom stereocenters. The molecule has 0 saturated heterocycles. The lowest BCUT2D eigenvalue weighted by Crippen LogP contribution is -2.42. The predicted molar refractivity (Wildman–Crippen MR) is 129 cm³/mol. The Labute approximate surface area is 197 Å². The Bertz CT molecular complexity index is 1300. The number of aromatic nitrogens is 2. The molecule has 170 valence electrons. The quantitative estimate of drug-likeness (QED) is 0.431. The second kappa shape index (κ2) is 10.0. The largest absolute Gasteiger partial charge is 0.324 e. The zero-order chi connectivity index (χ0) is 24.1. The number of nitrogens with one attached hydrogen (secondary N) is 1. The van der Waals surface area contributed by atoms with Gasteiger partial charge < -0.3 is 5.32 Å². The van der Waals surface area contributed by atoms with E-state index in [0.717, 1.165) is 11.1 Å². The first-order valence-electron chi connectivity index (χ1n) is 10.7. The van der Waals surface area contributed by atoms with Crippen LogP contribution in [0, 0.1) is 19.7 Å². The molecular formula is C27H23FN4O2. The summed E-state index contributed by atoms with van der Waals surface area (Å²) in [6.07, 6.45) is 4.28. The van der Waals surface area contributed by atoms with Gasteiger partial charge in [0, 0.05) is 23.8 Å². The van der Waals surface area contributed by atoms with Crippen LogP contribution >= 0.6 is 0 Å². The van der Waals surface area contributed by atoms with Crippen LogP contribution < -0.4 is 10.2 Å². The number of halogens is 1. The third kappa shape index (κ3) is 4.99. The van der Waals surface area contributed by atoms with Crippen molar-refractivity contribution in [3.63, 3.8) is 0 Å². The fourth-order valence-electron chi connectivity index (χ4n) is 3.59. The molecule has 4 rings (SSSR count). The highest BCUT2D eigenvalue weighted by molar-refractivity contribution is 6.11. The van der Waals surface area contributed by atoms with Gasteiger partial charge in [-0.2, -0.15) is 0 Å². The van der Waals surface area contributed by atoms with Gasteiger partial charge in [0.2, 0.25) is 0 Å². The Kier molecular flexibility index (Phi) is 6.73. The van der Waals surface area contributed by atoms with Crippen LogP contribution in [-0.2, 0) is 4.79 Å². The number of anilines is 2. The molecule has 0 aliphatic rings. The number of amides is 2. The molecule has 1 aromatic heterocycles. The van der Waals surface area contributed by atoms with Gasteiger partial charge in [-0.05, 0) is 66.9 Å². The van der Waals surface area contributed by atoms with Crippen LogP contribution in [0.1, 0.15) is 33.2 Å². The molecule has 3 aromatic carbocycles. The highest BCUT2D eigenvalue weighted by atomic mass is 19.1. The maximum Gasteiger partial charge on any atom is 0.279 e. The van der Waals surface area contributed by atoms with Gasteiger partial charge in [-0.25, -0.2) is 9.37 Å². The molecule has 4 aromatic rings. The zero-order valence-electron chi connectivity index (χ0n) is 18.8. The van der Waals surface area contributed by atoms with E-state index in [4.69, 9.17) is 0 Å². The highest BCUT2D eigenvalue weighted by Crippen LogP contribution is 2.31. The van der Waals surface area contributed by atoms with E-state index in [0.29, 0.717) is 16.9 Å². The summed E-state index contributed by atoms with van der Waals surface area (Å²) in [7, 11) is 0. The van der Waals surface area contributed by atoms with Crippen LogP contribution in [0.2, 0.25) is 0 Å². The first-order chi connectivity index (χ1) is 16.4. The number of carbonyl (C=O) groups is 2. The van der Waals surface area contributed by atoms with Gasteiger partial charge in [0.05, 0.1) is 6.20 Å². The summed E-state index contributed by atoms with van der Waals surface area (Å²) in [4.78, 5) is 37.0. The number of rotatable bonds is 6. The van der Waals surface area contributed by atoms with Crippen LogP contribution in [0.3, 0.4) is 0 Å². The van der Waals surface area contributed by atoms with E-state index in [1.807, 2.05) is 32.0 Å². The van der Waals surface area contributed by atoms with Crippen LogP contribution in [0.5, 0.6) is 0 Å². The van der Waals surface area contributed by atoms with E-state index in [-0.39, 0.29) is 5.69 Å². The van der Waals surface area contributed by atoms with Crippen LogP contribution in [-0.4, -0.2) is 21.8 Å². The number of carbonyl (C=O) groups excluding carboxylic acids is 2. The zero-order valence-corrected chi connectivity index (χ0v) is 18.8. The molecule has 34 heavy (non-hydrogen) atoms. The smallest absolute Gasteiger partial charge is 0.279 e. The number of nitrogens with zero attached hydrogens (tertiary/aromatic N) is 3. The van der Waals surface area contributed by atoms with Gasteiger partial charge in [-0.3, -0.25) is 19.5 Å².